The molecule has 1 aromatic carbocycles. The Hall–Kier alpha value is -2.89. The van der Waals surface area contributed by atoms with Crippen molar-refractivity contribution in [1.29, 1.82) is 0 Å². The number of hydrogen-bond donors (Lipinski definition) is 2. The van der Waals surface area contributed by atoms with Crippen LogP contribution in [0.4, 0.5) is 11.5 Å². The number of rotatable bonds is 5. The largest absolute Gasteiger partial charge is 0.481 e. The zero-order valence-corrected chi connectivity index (χ0v) is 13.3. The quantitative estimate of drug-likeness (QED) is 0.882. The maximum Gasteiger partial charge on any atom is 0.306 e. The second-order valence-electron chi connectivity index (χ2n) is 5.98. The van der Waals surface area contributed by atoms with Crippen molar-refractivity contribution in [2.24, 2.45) is 5.92 Å². The first kappa shape index (κ1) is 16.0. The van der Waals surface area contributed by atoms with Crippen LogP contribution < -0.4 is 10.2 Å². The van der Waals surface area contributed by atoms with Gasteiger partial charge in [0, 0.05) is 25.0 Å². The Kier molecular flexibility index (Phi) is 4.46. The summed E-state index contributed by atoms with van der Waals surface area (Å²) in [5, 5.41) is 11.7. The van der Waals surface area contributed by atoms with Gasteiger partial charge in [0.15, 0.2) is 0 Å². The number of nitrogens with one attached hydrogen (secondary N) is 1. The minimum atomic E-state index is -0.796. The fourth-order valence-electron chi connectivity index (χ4n) is 2.71. The molecular formula is C18H19N3O3. The lowest BCUT2D eigenvalue weighted by atomic mass is 9.80. The van der Waals surface area contributed by atoms with Gasteiger partial charge in [0.1, 0.15) is 5.82 Å². The van der Waals surface area contributed by atoms with E-state index in [-0.39, 0.29) is 17.9 Å². The highest BCUT2D eigenvalue weighted by Gasteiger charge is 2.35. The Labute approximate surface area is 140 Å². The molecule has 6 nitrogen and oxygen atoms in total. The van der Waals surface area contributed by atoms with Crippen molar-refractivity contribution in [2.75, 3.05) is 11.9 Å². The zero-order valence-electron chi connectivity index (χ0n) is 13.3. The van der Waals surface area contributed by atoms with E-state index >= 15 is 0 Å². The molecule has 1 aliphatic carbocycles. The van der Waals surface area contributed by atoms with Gasteiger partial charge in [-0.3, -0.25) is 9.59 Å². The molecule has 3 rings (SSSR count). The average molecular weight is 325 g/mol. The number of carbonyl (C=O) groups excluding carboxylic acids is 1. The van der Waals surface area contributed by atoms with Crippen molar-refractivity contribution in [1.82, 2.24) is 10.3 Å². The fourth-order valence-corrected chi connectivity index (χ4v) is 2.71. The SMILES string of the molecule is CN(c1ccccc1)c1ccc(C(=O)NC2CC(C(=O)O)C2)cn1. The van der Waals surface area contributed by atoms with Gasteiger partial charge in [0.2, 0.25) is 0 Å². The summed E-state index contributed by atoms with van der Waals surface area (Å²) < 4.78 is 0. The van der Waals surface area contributed by atoms with Crippen molar-refractivity contribution >= 4 is 23.4 Å². The van der Waals surface area contributed by atoms with Crippen molar-refractivity contribution in [3.63, 3.8) is 0 Å². The number of benzene rings is 1. The summed E-state index contributed by atoms with van der Waals surface area (Å²) in [6, 6.07) is 13.3. The molecule has 1 aromatic heterocycles. The summed E-state index contributed by atoms with van der Waals surface area (Å²) in [6.07, 6.45) is 2.52. The summed E-state index contributed by atoms with van der Waals surface area (Å²) in [7, 11) is 1.91. The van der Waals surface area contributed by atoms with Crippen LogP contribution in [0.1, 0.15) is 23.2 Å². The third-order valence-corrected chi connectivity index (χ3v) is 4.32. The molecule has 0 aliphatic heterocycles. The second-order valence-corrected chi connectivity index (χ2v) is 5.98. The van der Waals surface area contributed by atoms with Gasteiger partial charge in [-0.15, -0.1) is 0 Å². The van der Waals surface area contributed by atoms with E-state index in [1.165, 1.54) is 6.20 Å². The molecule has 1 fully saturated rings. The van der Waals surface area contributed by atoms with Gasteiger partial charge in [-0.1, -0.05) is 18.2 Å². The smallest absolute Gasteiger partial charge is 0.306 e. The van der Waals surface area contributed by atoms with E-state index in [4.69, 9.17) is 5.11 Å². The monoisotopic (exact) mass is 325 g/mol. The van der Waals surface area contributed by atoms with Crippen molar-refractivity contribution in [3.8, 4) is 0 Å². The van der Waals surface area contributed by atoms with E-state index < -0.39 is 5.97 Å². The molecule has 1 aliphatic rings. The predicted octanol–water partition coefficient (Wildman–Crippen LogP) is 2.44. The van der Waals surface area contributed by atoms with E-state index in [1.54, 1.807) is 12.1 Å². The van der Waals surface area contributed by atoms with Crippen LogP contribution in [-0.4, -0.2) is 35.1 Å². The molecule has 24 heavy (non-hydrogen) atoms. The number of aliphatic carboxylic acids is 1. The van der Waals surface area contributed by atoms with E-state index in [1.807, 2.05) is 42.3 Å². The second kappa shape index (κ2) is 6.70. The predicted molar refractivity (Wildman–Crippen MR) is 90.4 cm³/mol. The third kappa shape index (κ3) is 3.37. The van der Waals surface area contributed by atoms with Crippen LogP contribution in [0.15, 0.2) is 48.7 Å². The van der Waals surface area contributed by atoms with Gasteiger partial charge < -0.3 is 15.3 Å². The fraction of sp³-hybridized carbons (Fsp3) is 0.278. The molecule has 1 heterocycles. The molecule has 124 valence electrons. The van der Waals surface area contributed by atoms with E-state index in [0.717, 1.165) is 11.5 Å². The molecule has 0 bridgehead atoms. The third-order valence-electron chi connectivity index (χ3n) is 4.32. The topological polar surface area (TPSA) is 82.5 Å². The van der Waals surface area contributed by atoms with Gasteiger partial charge in [-0.2, -0.15) is 0 Å². The van der Waals surface area contributed by atoms with Crippen LogP contribution in [0, 0.1) is 5.92 Å². The minimum absolute atomic E-state index is 0.0646. The van der Waals surface area contributed by atoms with E-state index in [2.05, 4.69) is 10.3 Å². The van der Waals surface area contributed by atoms with Gasteiger partial charge >= 0.3 is 5.97 Å². The molecule has 2 aromatic rings. The van der Waals surface area contributed by atoms with Gasteiger partial charge in [0.05, 0.1) is 11.5 Å². The summed E-state index contributed by atoms with van der Waals surface area (Å²) in [6.45, 7) is 0. The summed E-state index contributed by atoms with van der Waals surface area (Å²) >= 11 is 0. The lowest BCUT2D eigenvalue weighted by Crippen LogP contribution is -2.46. The van der Waals surface area contributed by atoms with Crippen LogP contribution in [0.3, 0.4) is 0 Å². The number of amides is 1. The molecule has 0 saturated heterocycles. The van der Waals surface area contributed by atoms with Crippen molar-refractivity contribution < 1.29 is 14.7 Å². The first-order chi connectivity index (χ1) is 11.5. The molecule has 6 heteroatoms. The number of pyridine rings is 1. The highest BCUT2D eigenvalue weighted by atomic mass is 16.4. The van der Waals surface area contributed by atoms with E-state index in [9.17, 15) is 9.59 Å². The Balaban J connectivity index is 1.60. The average Bonchev–Trinajstić information content (AvgIpc) is 2.57. The normalized spacial score (nSPS) is 19.2. The zero-order chi connectivity index (χ0) is 17.1. The van der Waals surface area contributed by atoms with Crippen LogP contribution in [0.25, 0.3) is 0 Å². The first-order valence-corrected chi connectivity index (χ1v) is 7.83. The lowest BCUT2D eigenvalue weighted by molar-refractivity contribution is -0.145. The number of hydrogen-bond acceptors (Lipinski definition) is 4. The molecule has 0 atom stereocenters. The van der Waals surface area contributed by atoms with E-state index in [0.29, 0.717) is 18.4 Å². The number of carbonyl (C=O) groups is 2. The maximum absolute atomic E-state index is 12.2. The highest BCUT2D eigenvalue weighted by molar-refractivity contribution is 5.94. The van der Waals surface area contributed by atoms with Crippen LogP contribution in [0.5, 0.6) is 0 Å². The molecule has 2 N–H and O–H groups in total. The number of carboxylic acids is 1. The molecule has 1 amide bonds. The van der Waals surface area contributed by atoms with Crippen LogP contribution in [0.2, 0.25) is 0 Å². The number of nitrogens with zero attached hydrogens (tertiary/aromatic N) is 2. The Bertz CT molecular complexity index is 725. The molecule has 0 radical (unpaired) electrons. The minimum Gasteiger partial charge on any atom is -0.481 e. The molecular weight excluding hydrogens is 306 g/mol. The standard InChI is InChI=1S/C18H19N3O3/c1-21(15-5-3-2-4-6-15)16-8-7-12(11-19-16)17(22)20-14-9-13(10-14)18(23)24/h2-8,11,13-14H,9-10H2,1H3,(H,20,22)(H,23,24). The summed E-state index contributed by atoms with van der Waals surface area (Å²) in [5.74, 6) is -0.608. The summed E-state index contributed by atoms with van der Waals surface area (Å²) in [5.41, 5.74) is 1.48. The van der Waals surface area contributed by atoms with Crippen LogP contribution >= 0.6 is 0 Å². The number of aromatic nitrogens is 1. The first-order valence-electron chi connectivity index (χ1n) is 7.83. The maximum atomic E-state index is 12.2. The Morgan fingerprint density at radius 1 is 1.17 bits per heavy atom. The summed E-state index contributed by atoms with van der Waals surface area (Å²) in [4.78, 5) is 29.2. The number of para-hydroxylation sites is 1. The highest BCUT2D eigenvalue weighted by Crippen LogP contribution is 2.27. The molecule has 0 spiro atoms. The van der Waals surface area contributed by atoms with Gasteiger partial charge in [0.25, 0.3) is 5.91 Å². The number of carboxylic acid groups (broad SMARTS) is 1. The van der Waals surface area contributed by atoms with Gasteiger partial charge in [-0.25, -0.2) is 4.98 Å². The Morgan fingerprint density at radius 3 is 2.46 bits per heavy atom. The molecule has 1 saturated carbocycles. The van der Waals surface area contributed by atoms with Crippen molar-refractivity contribution in [2.45, 2.75) is 18.9 Å². The van der Waals surface area contributed by atoms with Crippen molar-refractivity contribution in [3.05, 3.63) is 54.2 Å². The molecule has 0 unspecified atom stereocenters. The Morgan fingerprint density at radius 2 is 1.88 bits per heavy atom. The number of anilines is 2. The van der Waals surface area contributed by atoms with Gasteiger partial charge in [-0.05, 0) is 37.1 Å². The van der Waals surface area contributed by atoms with Crippen LogP contribution in [-0.2, 0) is 4.79 Å². The lowest BCUT2D eigenvalue weighted by Gasteiger charge is -2.32.